The van der Waals surface area contributed by atoms with E-state index in [0.29, 0.717) is 27.0 Å². The van der Waals surface area contributed by atoms with E-state index in [1.54, 1.807) is 42.5 Å². The number of anilines is 2. The first-order valence-electron chi connectivity index (χ1n) is 6.07. The van der Waals surface area contributed by atoms with Crippen LogP contribution >= 0.6 is 23.2 Å². The van der Waals surface area contributed by atoms with Crippen molar-refractivity contribution in [1.29, 1.82) is 5.26 Å². The van der Waals surface area contributed by atoms with E-state index >= 15 is 0 Å². The molecule has 0 spiro atoms. The lowest BCUT2D eigenvalue weighted by molar-refractivity contribution is -0.114. The molecular formula is C15H11Cl2N3O. The minimum atomic E-state index is -0.224. The highest BCUT2D eigenvalue weighted by Gasteiger charge is 2.05. The van der Waals surface area contributed by atoms with Crippen LogP contribution in [-0.2, 0) is 4.79 Å². The van der Waals surface area contributed by atoms with E-state index < -0.39 is 0 Å². The van der Waals surface area contributed by atoms with E-state index in [9.17, 15) is 4.79 Å². The first-order valence-corrected chi connectivity index (χ1v) is 6.83. The van der Waals surface area contributed by atoms with Crippen molar-refractivity contribution < 1.29 is 4.79 Å². The smallest absolute Gasteiger partial charge is 0.243 e. The number of nitriles is 1. The highest BCUT2D eigenvalue weighted by molar-refractivity contribution is 6.33. The Hall–Kier alpha value is -2.22. The summed E-state index contributed by atoms with van der Waals surface area (Å²) in [6.45, 7) is 0.0537. The molecule has 106 valence electrons. The van der Waals surface area contributed by atoms with Gasteiger partial charge in [-0.15, -0.1) is 0 Å². The molecule has 0 atom stereocenters. The van der Waals surface area contributed by atoms with E-state index in [1.807, 2.05) is 6.07 Å². The van der Waals surface area contributed by atoms with Crippen molar-refractivity contribution in [2.75, 3.05) is 17.2 Å². The van der Waals surface area contributed by atoms with Gasteiger partial charge in [-0.25, -0.2) is 0 Å². The van der Waals surface area contributed by atoms with E-state index in [4.69, 9.17) is 28.5 Å². The average molecular weight is 320 g/mol. The molecule has 0 bridgehead atoms. The summed E-state index contributed by atoms with van der Waals surface area (Å²) >= 11 is 11.8. The number of amides is 1. The zero-order valence-corrected chi connectivity index (χ0v) is 12.4. The van der Waals surface area contributed by atoms with Gasteiger partial charge in [-0.2, -0.15) is 5.26 Å². The van der Waals surface area contributed by atoms with Crippen LogP contribution in [0.1, 0.15) is 5.56 Å². The Morgan fingerprint density at radius 3 is 2.67 bits per heavy atom. The number of carbonyl (C=O) groups excluding carboxylic acids is 1. The summed E-state index contributed by atoms with van der Waals surface area (Å²) in [5.41, 5.74) is 1.69. The minimum absolute atomic E-state index is 0.0537. The van der Waals surface area contributed by atoms with Gasteiger partial charge in [0.15, 0.2) is 0 Å². The number of carbonyl (C=O) groups is 1. The van der Waals surface area contributed by atoms with E-state index in [0.717, 1.165) is 0 Å². The van der Waals surface area contributed by atoms with Gasteiger partial charge in [0.2, 0.25) is 5.91 Å². The third-order valence-electron chi connectivity index (χ3n) is 2.65. The fourth-order valence-corrected chi connectivity index (χ4v) is 2.11. The van der Waals surface area contributed by atoms with Crippen LogP contribution in [0.5, 0.6) is 0 Å². The maximum absolute atomic E-state index is 11.8. The first-order chi connectivity index (χ1) is 10.1. The lowest BCUT2D eigenvalue weighted by Gasteiger charge is -2.09. The van der Waals surface area contributed by atoms with E-state index in [2.05, 4.69) is 10.6 Å². The predicted octanol–water partition coefficient (Wildman–Crippen LogP) is 3.92. The third-order valence-corrected chi connectivity index (χ3v) is 3.19. The Labute approximate surface area is 132 Å². The van der Waals surface area contributed by atoms with Gasteiger partial charge < -0.3 is 10.6 Å². The summed E-state index contributed by atoms with van der Waals surface area (Å²) in [6, 6.07) is 13.7. The lowest BCUT2D eigenvalue weighted by Crippen LogP contribution is -2.21. The van der Waals surface area contributed by atoms with Gasteiger partial charge in [-0.3, -0.25) is 4.79 Å². The molecule has 2 N–H and O–H groups in total. The summed E-state index contributed by atoms with van der Waals surface area (Å²) in [4.78, 5) is 11.8. The minimum Gasteiger partial charge on any atom is -0.375 e. The van der Waals surface area contributed by atoms with Crippen molar-refractivity contribution in [3.63, 3.8) is 0 Å². The number of nitrogens with zero attached hydrogens (tertiary/aromatic N) is 1. The Kier molecular flexibility index (Phi) is 5.04. The quantitative estimate of drug-likeness (QED) is 0.897. The van der Waals surface area contributed by atoms with Gasteiger partial charge in [-0.1, -0.05) is 29.3 Å². The zero-order valence-electron chi connectivity index (χ0n) is 10.9. The fraction of sp³-hybridized carbons (Fsp3) is 0.0667. The van der Waals surface area contributed by atoms with Gasteiger partial charge in [-0.05, 0) is 36.4 Å². The van der Waals surface area contributed by atoms with Crippen LogP contribution in [-0.4, -0.2) is 12.5 Å². The number of hydrogen-bond acceptors (Lipinski definition) is 3. The van der Waals surface area contributed by atoms with Crippen molar-refractivity contribution in [3.8, 4) is 6.07 Å². The average Bonchev–Trinajstić information content (AvgIpc) is 2.46. The van der Waals surface area contributed by atoms with Crippen LogP contribution in [0.4, 0.5) is 11.4 Å². The third kappa shape index (κ3) is 4.38. The molecule has 0 aromatic heterocycles. The molecule has 4 nitrogen and oxygen atoms in total. The Morgan fingerprint density at radius 1 is 1.19 bits per heavy atom. The number of rotatable bonds is 4. The van der Waals surface area contributed by atoms with Crippen LogP contribution in [0.15, 0.2) is 42.5 Å². The number of benzene rings is 2. The van der Waals surface area contributed by atoms with Crippen molar-refractivity contribution in [2.45, 2.75) is 0 Å². The molecular weight excluding hydrogens is 309 g/mol. The molecule has 2 rings (SSSR count). The summed E-state index contributed by atoms with van der Waals surface area (Å²) < 4.78 is 0. The van der Waals surface area contributed by atoms with Crippen LogP contribution in [0.25, 0.3) is 0 Å². The SMILES string of the molecule is N#Cc1ccc(NCC(=O)Nc2cccc(Cl)c2)c(Cl)c1. The van der Waals surface area contributed by atoms with Gasteiger partial charge in [0, 0.05) is 10.7 Å². The summed E-state index contributed by atoms with van der Waals surface area (Å²) in [6.07, 6.45) is 0. The summed E-state index contributed by atoms with van der Waals surface area (Å²) in [5.74, 6) is -0.224. The zero-order chi connectivity index (χ0) is 15.2. The standard InChI is InChI=1S/C15H11Cl2N3O/c16-11-2-1-3-12(7-11)20-15(21)9-19-14-5-4-10(8-18)6-13(14)17/h1-7,19H,9H2,(H,20,21). The molecule has 0 radical (unpaired) electrons. The topological polar surface area (TPSA) is 64.9 Å². The molecule has 0 aliphatic carbocycles. The van der Waals surface area contributed by atoms with Crippen molar-refractivity contribution >= 4 is 40.5 Å². The predicted molar refractivity (Wildman–Crippen MR) is 84.7 cm³/mol. The monoisotopic (exact) mass is 319 g/mol. The van der Waals surface area contributed by atoms with Crippen LogP contribution in [0, 0.1) is 11.3 Å². The highest BCUT2D eigenvalue weighted by atomic mass is 35.5. The van der Waals surface area contributed by atoms with Gasteiger partial charge in [0.1, 0.15) is 0 Å². The second-order valence-corrected chi connectivity index (χ2v) is 5.06. The first kappa shape index (κ1) is 15.2. The van der Waals surface area contributed by atoms with Crippen LogP contribution in [0.2, 0.25) is 10.0 Å². The summed E-state index contributed by atoms with van der Waals surface area (Å²) in [5, 5.41) is 15.3. The molecule has 0 saturated carbocycles. The van der Waals surface area contributed by atoms with E-state index in [-0.39, 0.29) is 12.5 Å². The van der Waals surface area contributed by atoms with Crippen LogP contribution in [0.3, 0.4) is 0 Å². The molecule has 0 aliphatic rings. The molecule has 6 heteroatoms. The highest BCUT2D eigenvalue weighted by Crippen LogP contribution is 2.22. The largest absolute Gasteiger partial charge is 0.375 e. The molecule has 1 amide bonds. The summed E-state index contributed by atoms with van der Waals surface area (Å²) in [7, 11) is 0. The number of nitrogens with one attached hydrogen (secondary N) is 2. The van der Waals surface area contributed by atoms with Gasteiger partial charge >= 0.3 is 0 Å². The molecule has 0 unspecified atom stereocenters. The van der Waals surface area contributed by atoms with Gasteiger partial charge in [0.25, 0.3) is 0 Å². The fourth-order valence-electron chi connectivity index (χ4n) is 1.67. The van der Waals surface area contributed by atoms with Gasteiger partial charge in [0.05, 0.1) is 28.9 Å². The van der Waals surface area contributed by atoms with Crippen molar-refractivity contribution in [2.24, 2.45) is 0 Å². The second kappa shape index (κ2) is 6.98. The Bertz CT molecular complexity index is 710. The van der Waals surface area contributed by atoms with Crippen molar-refractivity contribution in [3.05, 3.63) is 58.1 Å². The Balaban J connectivity index is 1.94. The molecule has 2 aromatic rings. The van der Waals surface area contributed by atoms with Crippen molar-refractivity contribution in [1.82, 2.24) is 0 Å². The Morgan fingerprint density at radius 2 is 2.00 bits per heavy atom. The normalized spacial score (nSPS) is 9.76. The molecule has 2 aromatic carbocycles. The molecule has 0 heterocycles. The molecule has 0 saturated heterocycles. The second-order valence-electron chi connectivity index (χ2n) is 4.22. The van der Waals surface area contributed by atoms with Crippen LogP contribution < -0.4 is 10.6 Å². The number of halogens is 2. The molecule has 0 fully saturated rings. The molecule has 21 heavy (non-hydrogen) atoms. The number of hydrogen-bond donors (Lipinski definition) is 2. The maximum atomic E-state index is 11.8. The lowest BCUT2D eigenvalue weighted by atomic mass is 10.2. The maximum Gasteiger partial charge on any atom is 0.243 e. The molecule has 0 aliphatic heterocycles. The van der Waals surface area contributed by atoms with E-state index in [1.165, 1.54) is 0 Å².